The molecule has 8 heteroatoms. The Labute approximate surface area is 92.2 Å². The first kappa shape index (κ1) is 12.6. The van der Waals surface area contributed by atoms with Crippen molar-refractivity contribution >= 4 is 5.69 Å². The summed E-state index contributed by atoms with van der Waals surface area (Å²) in [6.07, 6.45) is 1.79. The first-order valence-electron chi connectivity index (χ1n) is 4.89. The Morgan fingerprint density at radius 1 is 1.75 bits per heavy atom. The van der Waals surface area contributed by atoms with Gasteiger partial charge < -0.3 is 16.2 Å². The minimum Gasteiger partial charge on any atom is -0.390 e. The Hall–Kier alpha value is -1.51. The molecule has 0 saturated carbocycles. The van der Waals surface area contributed by atoms with Crippen LogP contribution in [0.15, 0.2) is 12.4 Å². The van der Waals surface area contributed by atoms with Crippen LogP contribution in [0.5, 0.6) is 0 Å². The van der Waals surface area contributed by atoms with Crippen molar-refractivity contribution in [1.29, 1.82) is 0 Å². The maximum absolute atomic E-state index is 10.4. The summed E-state index contributed by atoms with van der Waals surface area (Å²) >= 11 is 0. The van der Waals surface area contributed by atoms with Crippen molar-refractivity contribution in [3.8, 4) is 0 Å². The molecule has 1 heterocycles. The molecule has 0 aliphatic rings. The molecule has 0 aliphatic heterocycles. The maximum atomic E-state index is 10.4. The van der Waals surface area contributed by atoms with E-state index in [1.165, 1.54) is 10.9 Å². The van der Waals surface area contributed by atoms with Gasteiger partial charge in [-0.05, 0) is 0 Å². The van der Waals surface area contributed by atoms with E-state index in [-0.39, 0.29) is 12.2 Å². The number of aliphatic hydroxyl groups is 1. The number of rotatable bonds is 7. The van der Waals surface area contributed by atoms with E-state index in [1.807, 2.05) is 0 Å². The van der Waals surface area contributed by atoms with Crippen molar-refractivity contribution in [3.05, 3.63) is 22.5 Å². The Morgan fingerprint density at radius 3 is 3.06 bits per heavy atom. The maximum Gasteiger partial charge on any atom is 0.306 e. The molecule has 1 atom stereocenters. The highest BCUT2D eigenvalue weighted by molar-refractivity contribution is 5.20. The van der Waals surface area contributed by atoms with Crippen LogP contribution >= 0.6 is 0 Å². The topological polar surface area (TPSA) is 119 Å². The van der Waals surface area contributed by atoms with Crippen LogP contribution in [-0.2, 0) is 6.54 Å². The number of aliphatic hydroxyl groups excluding tert-OH is 1. The summed E-state index contributed by atoms with van der Waals surface area (Å²) in [5.74, 6) is 0. The molecule has 0 aliphatic carbocycles. The number of nitro groups is 1. The van der Waals surface area contributed by atoms with Gasteiger partial charge in [0, 0.05) is 19.6 Å². The van der Waals surface area contributed by atoms with E-state index in [9.17, 15) is 15.2 Å². The molecule has 0 saturated heterocycles. The smallest absolute Gasteiger partial charge is 0.306 e. The van der Waals surface area contributed by atoms with Crippen molar-refractivity contribution in [2.24, 2.45) is 5.73 Å². The number of nitrogens with two attached hydrogens (primary N) is 1. The zero-order valence-electron chi connectivity index (χ0n) is 8.74. The fraction of sp³-hybridized carbons (Fsp3) is 0.625. The highest BCUT2D eigenvalue weighted by Crippen LogP contribution is 2.07. The number of nitrogens with zero attached hydrogens (tertiary/aromatic N) is 3. The summed E-state index contributed by atoms with van der Waals surface area (Å²) in [6.45, 7) is 1.71. The molecule has 16 heavy (non-hydrogen) atoms. The number of nitrogens with one attached hydrogen (secondary N) is 1. The minimum atomic E-state index is -0.647. The lowest BCUT2D eigenvalue weighted by Gasteiger charge is -2.10. The summed E-state index contributed by atoms with van der Waals surface area (Å²) in [6, 6.07) is 0. The van der Waals surface area contributed by atoms with E-state index in [0.29, 0.717) is 19.6 Å². The zero-order valence-corrected chi connectivity index (χ0v) is 8.74. The molecular weight excluding hydrogens is 214 g/mol. The van der Waals surface area contributed by atoms with Crippen molar-refractivity contribution in [2.75, 3.05) is 19.6 Å². The van der Waals surface area contributed by atoms with Gasteiger partial charge in [-0.1, -0.05) is 0 Å². The van der Waals surface area contributed by atoms with E-state index in [4.69, 9.17) is 5.73 Å². The molecule has 0 fully saturated rings. The first-order valence-corrected chi connectivity index (χ1v) is 4.89. The third-order valence-electron chi connectivity index (χ3n) is 1.93. The molecule has 1 unspecified atom stereocenters. The van der Waals surface area contributed by atoms with Crippen LogP contribution in [0.25, 0.3) is 0 Å². The second-order valence-corrected chi connectivity index (χ2v) is 3.32. The number of hydrogen-bond acceptors (Lipinski definition) is 6. The molecule has 8 nitrogen and oxygen atoms in total. The van der Waals surface area contributed by atoms with Crippen LogP contribution < -0.4 is 11.1 Å². The third-order valence-corrected chi connectivity index (χ3v) is 1.93. The van der Waals surface area contributed by atoms with Crippen LogP contribution in [-0.4, -0.2) is 45.5 Å². The van der Waals surface area contributed by atoms with Gasteiger partial charge in [-0.15, -0.1) is 0 Å². The standard InChI is InChI=1S/C8H15N5O3/c9-1-2-10-4-8(14)6-12-5-7(3-11-12)13(15)16/h3,5,8,10,14H,1-2,4,6,9H2. The normalized spacial score (nSPS) is 12.6. The molecule has 0 bridgehead atoms. The van der Waals surface area contributed by atoms with Crippen molar-refractivity contribution < 1.29 is 10.0 Å². The second kappa shape index (κ2) is 6.16. The summed E-state index contributed by atoms with van der Waals surface area (Å²) in [5.41, 5.74) is 5.19. The predicted octanol–water partition coefficient (Wildman–Crippen LogP) is -1.30. The molecule has 1 aromatic heterocycles. The average molecular weight is 229 g/mol. The van der Waals surface area contributed by atoms with Crippen LogP contribution in [0.2, 0.25) is 0 Å². The van der Waals surface area contributed by atoms with Gasteiger partial charge in [0.1, 0.15) is 12.4 Å². The Bertz CT molecular complexity index is 340. The Kier molecular flexibility index (Phi) is 4.83. The first-order chi connectivity index (χ1) is 7.63. The van der Waals surface area contributed by atoms with E-state index in [2.05, 4.69) is 10.4 Å². The molecule has 0 amide bonds. The second-order valence-electron chi connectivity index (χ2n) is 3.32. The van der Waals surface area contributed by atoms with Crippen LogP contribution in [0.1, 0.15) is 0 Å². The van der Waals surface area contributed by atoms with Crippen molar-refractivity contribution in [1.82, 2.24) is 15.1 Å². The minimum absolute atomic E-state index is 0.0814. The molecular formula is C8H15N5O3. The molecule has 0 radical (unpaired) electrons. The van der Waals surface area contributed by atoms with E-state index >= 15 is 0 Å². The summed E-state index contributed by atoms with van der Waals surface area (Å²) in [7, 11) is 0. The molecule has 0 aromatic carbocycles. The van der Waals surface area contributed by atoms with Gasteiger partial charge in [-0.3, -0.25) is 14.8 Å². The van der Waals surface area contributed by atoms with Gasteiger partial charge in [0.2, 0.25) is 0 Å². The Balaban J connectivity index is 2.37. The SMILES string of the molecule is NCCNCC(O)Cn1cc([N+](=O)[O-])cn1. The lowest BCUT2D eigenvalue weighted by molar-refractivity contribution is -0.385. The summed E-state index contributed by atoms with van der Waals surface area (Å²) in [4.78, 5) is 9.85. The monoisotopic (exact) mass is 229 g/mol. The van der Waals surface area contributed by atoms with Gasteiger partial charge in [-0.25, -0.2) is 0 Å². The van der Waals surface area contributed by atoms with Crippen molar-refractivity contribution in [2.45, 2.75) is 12.6 Å². The zero-order chi connectivity index (χ0) is 12.0. The van der Waals surface area contributed by atoms with Gasteiger partial charge >= 0.3 is 5.69 Å². The highest BCUT2D eigenvalue weighted by Gasteiger charge is 2.11. The molecule has 0 spiro atoms. The number of aromatic nitrogens is 2. The Morgan fingerprint density at radius 2 is 2.50 bits per heavy atom. The largest absolute Gasteiger partial charge is 0.390 e. The quantitative estimate of drug-likeness (QED) is 0.304. The molecule has 1 rings (SSSR count). The third kappa shape index (κ3) is 3.93. The van der Waals surface area contributed by atoms with E-state index in [0.717, 1.165) is 6.20 Å². The molecule has 90 valence electrons. The average Bonchev–Trinajstić information content (AvgIpc) is 2.66. The van der Waals surface area contributed by atoms with Gasteiger partial charge in [0.15, 0.2) is 0 Å². The predicted molar refractivity (Wildman–Crippen MR) is 56.8 cm³/mol. The summed E-state index contributed by atoms with van der Waals surface area (Å²) in [5, 5.41) is 26.6. The lowest BCUT2D eigenvalue weighted by atomic mass is 10.3. The van der Waals surface area contributed by atoms with Crippen molar-refractivity contribution in [3.63, 3.8) is 0 Å². The fourth-order valence-corrected chi connectivity index (χ4v) is 1.20. The molecule has 4 N–H and O–H groups in total. The van der Waals surface area contributed by atoms with Gasteiger partial charge in [-0.2, -0.15) is 5.10 Å². The van der Waals surface area contributed by atoms with Crippen LogP contribution in [0.3, 0.4) is 0 Å². The van der Waals surface area contributed by atoms with Crippen LogP contribution in [0, 0.1) is 10.1 Å². The number of hydrogen-bond donors (Lipinski definition) is 3. The summed E-state index contributed by atoms with van der Waals surface area (Å²) < 4.78 is 1.34. The fourth-order valence-electron chi connectivity index (χ4n) is 1.20. The van der Waals surface area contributed by atoms with E-state index < -0.39 is 11.0 Å². The van der Waals surface area contributed by atoms with E-state index in [1.54, 1.807) is 0 Å². The van der Waals surface area contributed by atoms with Crippen LogP contribution in [0.4, 0.5) is 5.69 Å². The molecule has 1 aromatic rings. The lowest BCUT2D eigenvalue weighted by Crippen LogP contribution is -2.33. The van der Waals surface area contributed by atoms with Gasteiger partial charge in [0.25, 0.3) is 0 Å². The van der Waals surface area contributed by atoms with Gasteiger partial charge in [0.05, 0.1) is 17.6 Å². The highest BCUT2D eigenvalue weighted by atomic mass is 16.6.